The SMILES string of the molecule is COc1ccc(CC2=NOC(CNC(=O)c3cc(F)cc(F)c3)C2)cc1. The third-order valence-electron chi connectivity index (χ3n) is 3.98. The van der Waals surface area contributed by atoms with E-state index in [1.807, 2.05) is 24.3 Å². The summed E-state index contributed by atoms with van der Waals surface area (Å²) in [5, 5.41) is 6.66. The van der Waals surface area contributed by atoms with Crippen LogP contribution in [-0.4, -0.2) is 31.4 Å². The van der Waals surface area contributed by atoms with E-state index in [1.54, 1.807) is 7.11 Å². The number of hydrogen-bond acceptors (Lipinski definition) is 4. The summed E-state index contributed by atoms with van der Waals surface area (Å²) in [6, 6.07) is 10.3. The van der Waals surface area contributed by atoms with Gasteiger partial charge >= 0.3 is 0 Å². The van der Waals surface area contributed by atoms with E-state index in [4.69, 9.17) is 9.57 Å². The van der Waals surface area contributed by atoms with Crippen LogP contribution in [0.3, 0.4) is 0 Å². The van der Waals surface area contributed by atoms with Crippen LogP contribution < -0.4 is 10.1 Å². The molecule has 0 fully saturated rings. The Morgan fingerprint density at radius 3 is 2.58 bits per heavy atom. The number of methoxy groups -OCH3 is 1. The maximum absolute atomic E-state index is 13.2. The average Bonchev–Trinajstić information content (AvgIpc) is 3.07. The van der Waals surface area contributed by atoms with Crippen molar-refractivity contribution in [2.24, 2.45) is 5.16 Å². The van der Waals surface area contributed by atoms with Gasteiger partial charge in [0.1, 0.15) is 23.5 Å². The molecule has 1 amide bonds. The molecule has 0 saturated heterocycles. The fourth-order valence-electron chi connectivity index (χ4n) is 2.67. The van der Waals surface area contributed by atoms with Gasteiger partial charge in [-0.3, -0.25) is 4.79 Å². The summed E-state index contributed by atoms with van der Waals surface area (Å²) in [4.78, 5) is 17.3. The van der Waals surface area contributed by atoms with Gasteiger partial charge in [0.25, 0.3) is 5.91 Å². The number of carbonyl (C=O) groups excluding carboxylic acids is 1. The summed E-state index contributed by atoms with van der Waals surface area (Å²) in [5.41, 5.74) is 1.87. The van der Waals surface area contributed by atoms with Crippen molar-refractivity contribution in [3.63, 3.8) is 0 Å². The molecule has 1 unspecified atom stereocenters. The third-order valence-corrected chi connectivity index (χ3v) is 3.98. The molecule has 1 aliphatic rings. The summed E-state index contributed by atoms with van der Waals surface area (Å²) in [5.74, 6) is -1.36. The molecular formula is C19H18F2N2O3. The van der Waals surface area contributed by atoms with Gasteiger partial charge in [-0.2, -0.15) is 0 Å². The van der Waals surface area contributed by atoms with Crippen LogP contribution in [0, 0.1) is 11.6 Å². The molecule has 0 bridgehead atoms. The quantitative estimate of drug-likeness (QED) is 0.861. The Hall–Kier alpha value is -2.96. The van der Waals surface area contributed by atoms with Gasteiger partial charge in [0, 0.05) is 24.5 Å². The first-order valence-corrected chi connectivity index (χ1v) is 8.12. The Morgan fingerprint density at radius 1 is 1.23 bits per heavy atom. The van der Waals surface area contributed by atoms with Crippen LogP contribution in [-0.2, 0) is 11.3 Å². The number of rotatable bonds is 6. The second-order valence-corrected chi connectivity index (χ2v) is 5.98. The number of nitrogens with one attached hydrogen (secondary N) is 1. The number of oxime groups is 1. The van der Waals surface area contributed by atoms with Crippen molar-refractivity contribution < 1.29 is 23.1 Å². The van der Waals surface area contributed by atoms with Crippen LogP contribution in [0.2, 0.25) is 0 Å². The summed E-state index contributed by atoms with van der Waals surface area (Å²) in [6.07, 6.45) is 0.915. The highest BCUT2D eigenvalue weighted by atomic mass is 19.1. The number of benzene rings is 2. The van der Waals surface area contributed by atoms with Crippen LogP contribution in [0.15, 0.2) is 47.6 Å². The standard InChI is InChI=1S/C19H18F2N2O3/c1-25-17-4-2-12(3-5-17)6-16-10-18(26-23-16)11-22-19(24)13-7-14(20)9-15(21)8-13/h2-5,7-9,18H,6,10-11H2,1H3,(H,22,24). The smallest absolute Gasteiger partial charge is 0.251 e. The summed E-state index contributed by atoms with van der Waals surface area (Å²) in [6.45, 7) is 0.201. The van der Waals surface area contributed by atoms with Gasteiger partial charge < -0.3 is 14.9 Å². The first kappa shape index (κ1) is 17.8. The lowest BCUT2D eigenvalue weighted by molar-refractivity contribution is 0.0753. The molecular weight excluding hydrogens is 342 g/mol. The highest BCUT2D eigenvalue weighted by Crippen LogP contribution is 2.17. The van der Waals surface area contributed by atoms with Crippen LogP contribution in [0.4, 0.5) is 8.78 Å². The van der Waals surface area contributed by atoms with E-state index in [1.165, 1.54) is 0 Å². The molecule has 2 aromatic carbocycles. The van der Waals surface area contributed by atoms with Gasteiger partial charge in [-0.1, -0.05) is 17.3 Å². The molecule has 0 spiro atoms. The van der Waals surface area contributed by atoms with E-state index in [0.29, 0.717) is 12.8 Å². The Balaban J connectivity index is 1.48. The molecule has 0 saturated carbocycles. The molecule has 26 heavy (non-hydrogen) atoms. The number of hydrogen-bond donors (Lipinski definition) is 1. The lowest BCUT2D eigenvalue weighted by atomic mass is 10.0. The highest BCUT2D eigenvalue weighted by molar-refractivity contribution is 5.94. The van der Waals surface area contributed by atoms with Crippen LogP contribution in [0.1, 0.15) is 22.3 Å². The van der Waals surface area contributed by atoms with Gasteiger partial charge in [0.05, 0.1) is 19.4 Å². The minimum absolute atomic E-state index is 0.0696. The average molecular weight is 360 g/mol. The minimum atomic E-state index is -0.794. The van der Waals surface area contributed by atoms with Crippen molar-refractivity contribution in [3.8, 4) is 5.75 Å². The number of halogens is 2. The molecule has 3 rings (SSSR count). The van der Waals surface area contributed by atoms with Gasteiger partial charge in [-0.25, -0.2) is 8.78 Å². The molecule has 0 aliphatic carbocycles. The fraction of sp³-hybridized carbons (Fsp3) is 0.263. The Labute approximate surface area is 149 Å². The monoisotopic (exact) mass is 360 g/mol. The first-order valence-electron chi connectivity index (χ1n) is 8.12. The topological polar surface area (TPSA) is 59.9 Å². The maximum atomic E-state index is 13.2. The highest BCUT2D eigenvalue weighted by Gasteiger charge is 2.22. The Kier molecular flexibility index (Phi) is 5.46. The molecule has 1 aliphatic heterocycles. The second kappa shape index (κ2) is 7.95. The number of ether oxygens (including phenoxy) is 1. The summed E-state index contributed by atoms with van der Waals surface area (Å²) in [7, 11) is 1.61. The minimum Gasteiger partial charge on any atom is -0.497 e. The zero-order chi connectivity index (χ0) is 18.5. The summed E-state index contributed by atoms with van der Waals surface area (Å²) >= 11 is 0. The van der Waals surface area contributed by atoms with Crippen molar-refractivity contribution >= 4 is 11.6 Å². The normalized spacial score (nSPS) is 16.0. The predicted molar refractivity (Wildman–Crippen MR) is 92.3 cm³/mol. The van der Waals surface area contributed by atoms with E-state index in [9.17, 15) is 13.6 Å². The van der Waals surface area contributed by atoms with E-state index in [0.717, 1.165) is 35.2 Å². The molecule has 0 radical (unpaired) electrons. The van der Waals surface area contributed by atoms with Gasteiger partial charge in [-0.15, -0.1) is 0 Å². The third kappa shape index (κ3) is 4.56. The molecule has 1 N–H and O–H groups in total. The van der Waals surface area contributed by atoms with Crippen molar-refractivity contribution in [1.82, 2.24) is 5.32 Å². The largest absolute Gasteiger partial charge is 0.497 e. The zero-order valence-electron chi connectivity index (χ0n) is 14.2. The van der Waals surface area contributed by atoms with Gasteiger partial charge in [-0.05, 0) is 29.8 Å². The van der Waals surface area contributed by atoms with Crippen molar-refractivity contribution in [2.75, 3.05) is 13.7 Å². The van der Waals surface area contributed by atoms with Crippen LogP contribution >= 0.6 is 0 Å². The number of carbonyl (C=O) groups is 1. The maximum Gasteiger partial charge on any atom is 0.251 e. The molecule has 136 valence electrons. The second-order valence-electron chi connectivity index (χ2n) is 5.98. The van der Waals surface area contributed by atoms with Gasteiger partial charge in [0.15, 0.2) is 0 Å². The van der Waals surface area contributed by atoms with Crippen molar-refractivity contribution in [2.45, 2.75) is 18.9 Å². The number of nitrogens with zero attached hydrogens (tertiary/aromatic N) is 1. The molecule has 5 nitrogen and oxygen atoms in total. The van der Waals surface area contributed by atoms with E-state index >= 15 is 0 Å². The molecule has 1 heterocycles. The number of amides is 1. The molecule has 0 aromatic heterocycles. The molecule has 2 aromatic rings. The lowest BCUT2D eigenvalue weighted by Gasteiger charge is -2.10. The Morgan fingerprint density at radius 2 is 1.92 bits per heavy atom. The zero-order valence-corrected chi connectivity index (χ0v) is 14.2. The van der Waals surface area contributed by atoms with Crippen molar-refractivity contribution in [3.05, 3.63) is 65.2 Å². The van der Waals surface area contributed by atoms with E-state index in [-0.39, 0.29) is 18.2 Å². The van der Waals surface area contributed by atoms with Crippen LogP contribution in [0.25, 0.3) is 0 Å². The van der Waals surface area contributed by atoms with E-state index in [2.05, 4.69) is 10.5 Å². The van der Waals surface area contributed by atoms with Crippen molar-refractivity contribution in [1.29, 1.82) is 0 Å². The molecule has 1 atom stereocenters. The van der Waals surface area contributed by atoms with E-state index < -0.39 is 17.5 Å². The Bertz CT molecular complexity index is 802. The lowest BCUT2D eigenvalue weighted by Crippen LogP contribution is -2.32. The fourth-order valence-corrected chi connectivity index (χ4v) is 2.67. The predicted octanol–water partition coefficient (Wildman–Crippen LogP) is 3.09. The van der Waals surface area contributed by atoms with Crippen LogP contribution in [0.5, 0.6) is 5.75 Å². The first-order chi connectivity index (χ1) is 12.5. The summed E-state index contributed by atoms with van der Waals surface area (Å²) < 4.78 is 31.4. The molecule has 7 heteroatoms. The van der Waals surface area contributed by atoms with Gasteiger partial charge in [0.2, 0.25) is 0 Å².